The summed E-state index contributed by atoms with van der Waals surface area (Å²) in [5.41, 5.74) is 1.64. The Balaban J connectivity index is 1.77. The highest BCUT2D eigenvalue weighted by atomic mass is 15.1. The number of allylic oxidation sites excluding steroid dienone is 3. The van der Waals surface area contributed by atoms with Gasteiger partial charge in [-0.3, -0.25) is 4.90 Å². The third-order valence-corrected chi connectivity index (χ3v) is 4.45. The minimum Gasteiger partial charge on any atom is -0.299 e. The number of hydrogen-bond donors (Lipinski definition) is 0. The molecular formula is C17H29N. The lowest BCUT2D eigenvalue weighted by molar-refractivity contribution is 0.189. The van der Waals surface area contributed by atoms with E-state index in [1.807, 2.05) is 0 Å². The predicted octanol–water partition coefficient (Wildman–Crippen LogP) is 4.41. The molecule has 0 bridgehead atoms. The summed E-state index contributed by atoms with van der Waals surface area (Å²) in [4.78, 5) is 2.67. The lowest BCUT2D eigenvalue weighted by Gasteiger charge is -2.32. The van der Waals surface area contributed by atoms with E-state index in [1.165, 1.54) is 58.2 Å². The Morgan fingerprint density at radius 1 is 1.28 bits per heavy atom. The molecule has 0 radical (unpaired) electrons. The van der Waals surface area contributed by atoms with Crippen LogP contribution in [0.5, 0.6) is 0 Å². The number of hydrogen-bond acceptors (Lipinski definition) is 1. The Labute approximate surface area is 113 Å². The van der Waals surface area contributed by atoms with Crippen molar-refractivity contribution in [2.45, 2.75) is 52.4 Å². The highest BCUT2D eigenvalue weighted by Gasteiger charge is 2.19. The summed E-state index contributed by atoms with van der Waals surface area (Å²) in [7, 11) is 0. The Kier molecular flexibility index (Phi) is 5.49. The van der Waals surface area contributed by atoms with Crippen molar-refractivity contribution in [3.63, 3.8) is 0 Å². The fourth-order valence-corrected chi connectivity index (χ4v) is 3.36. The molecule has 1 unspecified atom stereocenters. The molecule has 1 aliphatic heterocycles. The topological polar surface area (TPSA) is 3.24 Å². The zero-order chi connectivity index (χ0) is 12.8. The summed E-state index contributed by atoms with van der Waals surface area (Å²) < 4.78 is 0. The minimum absolute atomic E-state index is 0.827. The van der Waals surface area contributed by atoms with Gasteiger partial charge in [-0.2, -0.15) is 0 Å². The van der Waals surface area contributed by atoms with Gasteiger partial charge in [-0.15, -0.1) is 0 Å². The van der Waals surface area contributed by atoms with Gasteiger partial charge in [-0.1, -0.05) is 50.5 Å². The van der Waals surface area contributed by atoms with E-state index >= 15 is 0 Å². The molecule has 2 aliphatic rings. The van der Waals surface area contributed by atoms with Crippen LogP contribution in [0.15, 0.2) is 23.8 Å². The molecule has 18 heavy (non-hydrogen) atoms. The van der Waals surface area contributed by atoms with Crippen molar-refractivity contribution >= 4 is 0 Å². The van der Waals surface area contributed by atoms with E-state index in [0.717, 1.165) is 11.8 Å². The molecule has 1 aliphatic carbocycles. The highest BCUT2D eigenvalue weighted by Crippen LogP contribution is 2.24. The second-order valence-electron chi connectivity index (χ2n) is 6.31. The summed E-state index contributed by atoms with van der Waals surface area (Å²) >= 11 is 0. The molecule has 1 saturated heterocycles. The maximum atomic E-state index is 2.67. The Hall–Kier alpha value is -0.560. The van der Waals surface area contributed by atoms with Gasteiger partial charge in [0.2, 0.25) is 0 Å². The van der Waals surface area contributed by atoms with Crippen molar-refractivity contribution in [1.29, 1.82) is 0 Å². The van der Waals surface area contributed by atoms with Crippen LogP contribution in [0.2, 0.25) is 0 Å². The molecule has 1 heterocycles. The molecule has 0 amide bonds. The molecule has 102 valence electrons. The van der Waals surface area contributed by atoms with Crippen LogP contribution in [0, 0.1) is 11.8 Å². The third kappa shape index (κ3) is 4.28. The first-order valence-corrected chi connectivity index (χ1v) is 7.85. The van der Waals surface area contributed by atoms with E-state index in [1.54, 1.807) is 5.57 Å². The van der Waals surface area contributed by atoms with Crippen molar-refractivity contribution in [3.8, 4) is 0 Å². The van der Waals surface area contributed by atoms with Gasteiger partial charge in [-0.05, 0) is 50.6 Å². The van der Waals surface area contributed by atoms with Crippen LogP contribution in [-0.4, -0.2) is 24.5 Å². The van der Waals surface area contributed by atoms with Gasteiger partial charge in [0.1, 0.15) is 0 Å². The molecule has 0 aromatic carbocycles. The fourth-order valence-electron chi connectivity index (χ4n) is 3.36. The molecular weight excluding hydrogens is 218 g/mol. The minimum atomic E-state index is 0.827. The summed E-state index contributed by atoms with van der Waals surface area (Å²) in [6, 6.07) is 0. The number of likely N-dealkylation sites (tertiary alicyclic amines) is 1. The van der Waals surface area contributed by atoms with Gasteiger partial charge in [0.25, 0.3) is 0 Å². The van der Waals surface area contributed by atoms with Crippen LogP contribution in [-0.2, 0) is 0 Å². The normalized spacial score (nSPS) is 27.0. The van der Waals surface area contributed by atoms with Crippen LogP contribution < -0.4 is 0 Å². The van der Waals surface area contributed by atoms with Crippen LogP contribution >= 0.6 is 0 Å². The smallest absolute Gasteiger partial charge is 0.0196 e. The largest absolute Gasteiger partial charge is 0.299 e. The Bertz CT molecular complexity index is 295. The maximum absolute atomic E-state index is 2.67. The van der Waals surface area contributed by atoms with Gasteiger partial charge in [-0.25, -0.2) is 0 Å². The molecule has 0 aromatic heterocycles. The van der Waals surface area contributed by atoms with Crippen LogP contribution in [0.3, 0.4) is 0 Å². The van der Waals surface area contributed by atoms with Crippen LogP contribution in [0.25, 0.3) is 0 Å². The number of piperidine rings is 1. The van der Waals surface area contributed by atoms with E-state index in [9.17, 15) is 0 Å². The van der Waals surface area contributed by atoms with E-state index in [2.05, 4.69) is 37.0 Å². The maximum Gasteiger partial charge on any atom is 0.0196 e. The van der Waals surface area contributed by atoms with Crippen LogP contribution in [0.1, 0.15) is 52.4 Å². The first-order chi connectivity index (χ1) is 8.78. The Morgan fingerprint density at radius 2 is 2.06 bits per heavy atom. The molecule has 1 atom stereocenters. The summed E-state index contributed by atoms with van der Waals surface area (Å²) in [5.74, 6) is 1.83. The van der Waals surface area contributed by atoms with E-state index < -0.39 is 0 Å². The van der Waals surface area contributed by atoms with Crippen LogP contribution in [0.4, 0.5) is 0 Å². The number of nitrogens with zero attached hydrogens (tertiary/aromatic N) is 1. The third-order valence-electron chi connectivity index (χ3n) is 4.45. The fraction of sp³-hybridized carbons (Fsp3) is 0.765. The SMILES string of the molecule is CCCC1CCN(CC2=CC=CCC(C)C2)CC1. The average Bonchev–Trinajstić information content (AvgIpc) is 2.56. The summed E-state index contributed by atoms with van der Waals surface area (Å²) in [5, 5.41) is 0. The molecule has 1 heteroatoms. The first-order valence-electron chi connectivity index (χ1n) is 7.85. The van der Waals surface area contributed by atoms with E-state index in [-0.39, 0.29) is 0 Å². The van der Waals surface area contributed by atoms with E-state index in [0.29, 0.717) is 0 Å². The highest BCUT2D eigenvalue weighted by molar-refractivity contribution is 5.17. The quantitative estimate of drug-likeness (QED) is 0.711. The molecule has 0 N–H and O–H groups in total. The summed E-state index contributed by atoms with van der Waals surface area (Å²) in [6.07, 6.45) is 15.1. The number of rotatable bonds is 4. The molecule has 2 rings (SSSR count). The Morgan fingerprint density at radius 3 is 2.78 bits per heavy atom. The molecule has 0 saturated carbocycles. The lowest BCUT2D eigenvalue weighted by Crippen LogP contribution is -2.35. The van der Waals surface area contributed by atoms with Gasteiger partial charge >= 0.3 is 0 Å². The first kappa shape index (κ1) is 13.9. The molecule has 1 fully saturated rings. The van der Waals surface area contributed by atoms with Gasteiger partial charge < -0.3 is 0 Å². The summed E-state index contributed by atoms with van der Waals surface area (Å²) in [6.45, 7) is 8.54. The molecule has 1 nitrogen and oxygen atoms in total. The predicted molar refractivity (Wildman–Crippen MR) is 79.7 cm³/mol. The second-order valence-corrected chi connectivity index (χ2v) is 6.31. The van der Waals surface area contributed by atoms with Crippen molar-refractivity contribution in [3.05, 3.63) is 23.8 Å². The lowest BCUT2D eigenvalue weighted by atomic mass is 9.92. The second kappa shape index (κ2) is 7.13. The molecule has 0 spiro atoms. The standard InChI is InChI=1S/C17H29N/c1-3-6-16-9-11-18(12-10-16)14-17-8-5-4-7-15(2)13-17/h4-5,8,15-16H,3,6-7,9-14H2,1-2H3. The zero-order valence-electron chi connectivity index (χ0n) is 12.2. The monoisotopic (exact) mass is 247 g/mol. The van der Waals surface area contributed by atoms with Crippen molar-refractivity contribution in [2.75, 3.05) is 19.6 Å². The van der Waals surface area contributed by atoms with Gasteiger partial charge in [0, 0.05) is 6.54 Å². The van der Waals surface area contributed by atoms with Gasteiger partial charge in [0.05, 0.1) is 0 Å². The van der Waals surface area contributed by atoms with Crippen molar-refractivity contribution in [2.24, 2.45) is 11.8 Å². The van der Waals surface area contributed by atoms with Gasteiger partial charge in [0.15, 0.2) is 0 Å². The average molecular weight is 247 g/mol. The zero-order valence-corrected chi connectivity index (χ0v) is 12.2. The molecule has 0 aromatic rings. The van der Waals surface area contributed by atoms with E-state index in [4.69, 9.17) is 0 Å². The van der Waals surface area contributed by atoms with Crippen molar-refractivity contribution in [1.82, 2.24) is 4.90 Å². The van der Waals surface area contributed by atoms with Crippen molar-refractivity contribution < 1.29 is 0 Å².